The van der Waals surface area contributed by atoms with Crippen LogP contribution >= 0.6 is 0 Å². The van der Waals surface area contributed by atoms with Gasteiger partial charge in [0.2, 0.25) is 0 Å². The molecule has 2 unspecified atom stereocenters. The summed E-state index contributed by atoms with van der Waals surface area (Å²) >= 11 is 0. The fourth-order valence-electron chi connectivity index (χ4n) is 1.50. The van der Waals surface area contributed by atoms with Crippen LogP contribution in [0, 0.1) is 0 Å². The number of ether oxygens (including phenoxy) is 1. The third-order valence-electron chi connectivity index (χ3n) is 2.53. The molecule has 0 radical (unpaired) electrons. The van der Waals surface area contributed by atoms with E-state index in [9.17, 15) is 4.79 Å². The van der Waals surface area contributed by atoms with Crippen LogP contribution in [-0.4, -0.2) is 25.2 Å². The summed E-state index contributed by atoms with van der Waals surface area (Å²) in [6, 6.07) is 9.57. The number of rotatable bonds is 6. The van der Waals surface area contributed by atoms with Crippen LogP contribution in [-0.2, 0) is 9.53 Å². The molecule has 1 rings (SSSR count). The summed E-state index contributed by atoms with van der Waals surface area (Å²) in [5.74, 6) is -0.361. The van der Waals surface area contributed by atoms with Gasteiger partial charge in [0.05, 0.1) is 6.61 Å². The van der Waals surface area contributed by atoms with Crippen molar-refractivity contribution in [3.05, 3.63) is 35.9 Å². The molecule has 0 amide bonds. The molecule has 0 fully saturated rings. The quantitative estimate of drug-likeness (QED) is 0.729. The predicted octanol–water partition coefficient (Wildman–Crippen LogP) is 1.23. The van der Waals surface area contributed by atoms with Gasteiger partial charge < -0.3 is 15.8 Å². The van der Waals surface area contributed by atoms with Crippen LogP contribution in [0.5, 0.6) is 0 Å². The lowest BCUT2D eigenvalue weighted by Gasteiger charge is -2.17. The molecule has 4 heteroatoms. The molecule has 0 aliphatic rings. The van der Waals surface area contributed by atoms with Gasteiger partial charge >= 0.3 is 5.97 Å². The van der Waals surface area contributed by atoms with Gasteiger partial charge in [-0.3, -0.25) is 4.79 Å². The van der Waals surface area contributed by atoms with E-state index >= 15 is 0 Å². The molecule has 1 aromatic rings. The van der Waals surface area contributed by atoms with Crippen molar-refractivity contribution in [2.24, 2.45) is 5.73 Å². The average molecular weight is 236 g/mol. The number of carbonyl (C=O) groups is 1. The van der Waals surface area contributed by atoms with Crippen LogP contribution in [0.1, 0.15) is 25.5 Å². The van der Waals surface area contributed by atoms with Gasteiger partial charge in [-0.05, 0) is 19.4 Å². The molecular formula is C13H20N2O2. The highest BCUT2D eigenvalue weighted by Gasteiger charge is 2.15. The Morgan fingerprint density at radius 3 is 2.65 bits per heavy atom. The minimum Gasteiger partial charge on any atom is -0.465 e. The third-order valence-corrected chi connectivity index (χ3v) is 2.53. The lowest BCUT2D eigenvalue weighted by molar-refractivity contribution is -0.144. The van der Waals surface area contributed by atoms with Crippen molar-refractivity contribution in [2.75, 3.05) is 13.2 Å². The summed E-state index contributed by atoms with van der Waals surface area (Å²) in [6.45, 7) is 4.58. The zero-order chi connectivity index (χ0) is 12.7. The first-order valence-electron chi connectivity index (χ1n) is 5.85. The van der Waals surface area contributed by atoms with Crippen LogP contribution in [0.3, 0.4) is 0 Å². The molecular weight excluding hydrogens is 216 g/mol. The third kappa shape index (κ3) is 4.54. The molecule has 0 spiro atoms. The minimum absolute atomic E-state index is 0.164. The highest BCUT2D eigenvalue weighted by atomic mass is 16.5. The number of carbonyl (C=O) groups excluding carboxylic acids is 1. The first-order valence-corrected chi connectivity index (χ1v) is 5.85. The van der Waals surface area contributed by atoms with Gasteiger partial charge in [0.15, 0.2) is 0 Å². The Morgan fingerprint density at radius 1 is 1.41 bits per heavy atom. The average Bonchev–Trinajstić information content (AvgIpc) is 2.36. The maximum absolute atomic E-state index is 11.3. The fourth-order valence-corrected chi connectivity index (χ4v) is 1.50. The second kappa shape index (κ2) is 7.04. The molecule has 4 nitrogen and oxygen atoms in total. The second-order valence-electron chi connectivity index (χ2n) is 3.90. The van der Waals surface area contributed by atoms with E-state index < -0.39 is 6.04 Å². The lowest BCUT2D eigenvalue weighted by Crippen LogP contribution is -2.42. The Hall–Kier alpha value is -1.39. The van der Waals surface area contributed by atoms with Gasteiger partial charge in [0.1, 0.15) is 6.04 Å². The number of nitrogens with one attached hydrogen (secondary N) is 1. The zero-order valence-corrected chi connectivity index (χ0v) is 10.3. The van der Waals surface area contributed by atoms with Crippen molar-refractivity contribution in [1.29, 1.82) is 0 Å². The SMILES string of the molecule is CCOC(=O)C(N)CNC(C)c1ccccc1. The predicted molar refractivity (Wildman–Crippen MR) is 67.5 cm³/mol. The summed E-state index contributed by atoms with van der Waals surface area (Å²) in [5, 5.41) is 3.21. The van der Waals surface area contributed by atoms with Crippen LogP contribution in [0.2, 0.25) is 0 Å². The van der Waals surface area contributed by atoms with Crippen molar-refractivity contribution in [3.8, 4) is 0 Å². The topological polar surface area (TPSA) is 64.3 Å². The van der Waals surface area contributed by atoms with Gasteiger partial charge in [-0.15, -0.1) is 0 Å². The molecule has 2 atom stereocenters. The summed E-state index contributed by atoms with van der Waals surface area (Å²) in [4.78, 5) is 11.3. The van der Waals surface area contributed by atoms with Crippen LogP contribution in [0.25, 0.3) is 0 Å². The molecule has 0 bridgehead atoms. The highest BCUT2D eigenvalue weighted by molar-refractivity contribution is 5.75. The van der Waals surface area contributed by atoms with Gasteiger partial charge in [0, 0.05) is 12.6 Å². The molecule has 94 valence electrons. The summed E-state index contributed by atoms with van der Waals surface area (Å²) in [5.41, 5.74) is 6.86. The van der Waals surface area contributed by atoms with Crippen molar-refractivity contribution in [3.63, 3.8) is 0 Å². The number of hydrogen-bond donors (Lipinski definition) is 2. The second-order valence-corrected chi connectivity index (χ2v) is 3.90. The molecule has 17 heavy (non-hydrogen) atoms. The Labute approximate surface area is 102 Å². The van der Waals surface area contributed by atoms with E-state index in [0.29, 0.717) is 13.2 Å². The van der Waals surface area contributed by atoms with Gasteiger partial charge in [-0.1, -0.05) is 30.3 Å². The Kier molecular flexibility index (Phi) is 5.66. The maximum Gasteiger partial charge on any atom is 0.324 e. The van der Waals surface area contributed by atoms with E-state index in [-0.39, 0.29) is 12.0 Å². The largest absolute Gasteiger partial charge is 0.465 e. The molecule has 0 heterocycles. The molecule has 0 aliphatic heterocycles. The standard InChI is InChI=1S/C13H20N2O2/c1-3-17-13(16)12(14)9-15-10(2)11-7-5-4-6-8-11/h4-8,10,12,15H,3,9,14H2,1-2H3. The molecule has 1 aromatic carbocycles. The van der Waals surface area contributed by atoms with E-state index in [4.69, 9.17) is 10.5 Å². The van der Waals surface area contributed by atoms with Gasteiger partial charge in [0.25, 0.3) is 0 Å². The van der Waals surface area contributed by atoms with E-state index in [2.05, 4.69) is 5.32 Å². The first-order chi connectivity index (χ1) is 8.15. The molecule has 3 N–H and O–H groups in total. The van der Waals surface area contributed by atoms with Crippen LogP contribution in [0.4, 0.5) is 0 Å². The van der Waals surface area contributed by atoms with Gasteiger partial charge in [-0.2, -0.15) is 0 Å². The summed E-state index contributed by atoms with van der Waals surface area (Å²) in [7, 11) is 0. The monoisotopic (exact) mass is 236 g/mol. The van der Waals surface area contributed by atoms with Crippen molar-refractivity contribution >= 4 is 5.97 Å². The van der Waals surface area contributed by atoms with Crippen LogP contribution in [0.15, 0.2) is 30.3 Å². The Bertz CT molecular complexity index is 341. The molecule has 0 saturated heterocycles. The first kappa shape index (κ1) is 13.7. The van der Waals surface area contributed by atoms with E-state index in [1.54, 1.807) is 6.92 Å². The molecule has 0 aromatic heterocycles. The van der Waals surface area contributed by atoms with Crippen molar-refractivity contribution < 1.29 is 9.53 Å². The highest BCUT2D eigenvalue weighted by Crippen LogP contribution is 2.10. The minimum atomic E-state index is -0.610. The van der Waals surface area contributed by atoms with Crippen LogP contribution < -0.4 is 11.1 Å². The molecule has 0 saturated carbocycles. The molecule has 0 aliphatic carbocycles. The van der Waals surface area contributed by atoms with Gasteiger partial charge in [-0.25, -0.2) is 0 Å². The maximum atomic E-state index is 11.3. The lowest BCUT2D eigenvalue weighted by atomic mass is 10.1. The Morgan fingerprint density at radius 2 is 2.06 bits per heavy atom. The number of benzene rings is 1. The summed E-state index contributed by atoms with van der Waals surface area (Å²) < 4.78 is 4.84. The zero-order valence-electron chi connectivity index (χ0n) is 10.3. The number of hydrogen-bond acceptors (Lipinski definition) is 4. The Balaban J connectivity index is 2.38. The van der Waals surface area contributed by atoms with Crippen molar-refractivity contribution in [1.82, 2.24) is 5.32 Å². The number of esters is 1. The fraction of sp³-hybridized carbons (Fsp3) is 0.462. The van der Waals surface area contributed by atoms with Crippen molar-refractivity contribution in [2.45, 2.75) is 25.9 Å². The normalized spacial score (nSPS) is 14.1. The number of nitrogens with two attached hydrogens (primary N) is 1. The van der Waals surface area contributed by atoms with E-state index in [0.717, 1.165) is 0 Å². The van der Waals surface area contributed by atoms with E-state index in [1.807, 2.05) is 37.3 Å². The summed E-state index contributed by atoms with van der Waals surface area (Å²) in [6.07, 6.45) is 0. The van der Waals surface area contributed by atoms with E-state index in [1.165, 1.54) is 5.56 Å². The smallest absolute Gasteiger partial charge is 0.324 e.